The van der Waals surface area contributed by atoms with Crippen LogP contribution in [0, 0.1) is 0 Å². The Bertz CT molecular complexity index is 620. The summed E-state index contributed by atoms with van der Waals surface area (Å²) in [6.07, 6.45) is 1.70. The van der Waals surface area contributed by atoms with E-state index in [1.165, 1.54) is 0 Å². The van der Waals surface area contributed by atoms with E-state index in [1.54, 1.807) is 18.1 Å². The molecule has 0 atom stereocenters. The minimum absolute atomic E-state index is 0.0812. The van der Waals surface area contributed by atoms with Crippen LogP contribution in [0.2, 0.25) is 0 Å². The number of benzene rings is 1. The Labute approximate surface area is 118 Å². The van der Waals surface area contributed by atoms with E-state index in [1.807, 2.05) is 24.3 Å². The fraction of sp³-hybridized carbons (Fsp3) is 0.333. The maximum Gasteiger partial charge on any atom is 0.323 e. The molecule has 20 heavy (non-hydrogen) atoms. The molecule has 5 heteroatoms. The highest BCUT2D eigenvalue weighted by molar-refractivity contribution is 6.02. The lowest BCUT2D eigenvalue weighted by atomic mass is 10.1. The second-order valence-corrected chi connectivity index (χ2v) is 5.09. The molecule has 0 saturated carbocycles. The number of fused-ring (bicyclic) bond motifs is 1. The van der Waals surface area contributed by atoms with Gasteiger partial charge >= 0.3 is 5.97 Å². The first kappa shape index (κ1) is 14.1. The van der Waals surface area contributed by atoms with Crippen LogP contribution in [0.5, 0.6) is 0 Å². The Morgan fingerprint density at radius 3 is 2.80 bits per heavy atom. The quantitative estimate of drug-likeness (QED) is 0.876. The summed E-state index contributed by atoms with van der Waals surface area (Å²) in [6, 6.07) is 8.19. The number of hydrogen-bond acceptors (Lipinski definition) is 4. The van der Waals surface area contributed by atoms with Gasteiger partial charge in [-0.2, -0.15) is 0 Å². The van der Waals surface area contributed by atoms with Gasteiger partial charge in [0.05, 0.1) is 0 Å². The van der Waals surface area contributed by atoms with Crippen LogP contribution in [-0.2, 0) is 4.79 Å². The largest absolute Gasteiger partial charge is 0.480 e. The van der Waals surface area contributed by atoms with Crippen LogP contribution in [0.4, 0.5) is 11.5 Å². The van der Waals surface area contributed by atoms with Gasteiger partial charge in [-0.05, 0) is 31.4 Å². The van der Waals surface area contributed by atoms with Crippen molar-refractivity contribution in [2.24, 2.45) is 0 Å². The summed E-state index contributed by atoms with van der Waals surface area (Å²) in [5.41, 5.74) is 0.970. The van der Waals surface area contributed by atoms with Gasteiger partial charge in [0.2, 0.25) is 0 Å². The summed E-state index contributed by atoms with van der Waals surface area (Å²) >= 11 is 0. The first-order valence-electron chi connectivity index (χ1n) is 6.56. The molecule has 0 saturated heterocycles. The highest BCUT2D eigenvalue weighted by Crippen LogP contribution is 2.31. The molecule has 1 aromatic carbocycles. The lowest BCUT2D eigenvalue weighted by Gasteiger charge is -2.20. The number of aliphatic carboxylic acids is 1. The number of carboxylic acids is 1. The molecule has 2 N–H and O–H groups in total. The van der Waals surface area contributed by atoms with Crippen molar-refractivity contribution in [3.05, 3.63) is 30.5 Å². The monoisotopic (exact) mass is 273 g/mol. The van der Waals surface area contributed by atoms with Crippen molar-refractivity contribution in [2.75, 3.05) is 23.8 Å². The number of carboxylic acid groups (broad SMARTS) is 1. The molecule has 0 aliphatic carbocycles. The van der Waals surface area contributed by atoms with Crippen molar-refractivity contribution in [3.63, 3.8) is 0 Å². The van der Waals surface area contributed by atoms with E-state index < -0.39 is 5.97 Å². The highest BCUT2D eigenvalue weighted by atomic mass is 16.4. The van der Waals surface area contributed by atoms with Crippen LogP contribution in [0.25, 0.3) is 10.8 Å². The zero-order chi connectivity index (χ0) is 14.7. The summed E-state index contributed by atoms with van der Waals surface area (Å²) in [5.74, 6) is -0.200. The molecule has 2 aromatic rings. The average Bonchev–Trinajstić information content (AvgIpc) is 2.36. The minimum Gasteiger partial charge on any atom is -0.480 e. The van der Waals surface area contributed by atoms with Gasteiger partial charge in [-0.15, -0.1) is 0 Å². The van der Waals surface area contributed by atoms with Crippen LogP contribution in [-0.4, -0.2) is 35.7 Å². The summed E-state index contributed by atoms with van der Waals surface area (Å²) in [6.45, 7) is 4.05. The van der Waals surface area contributed by atoms with E-state index in [9.17, 15) is 4.79 Å². The third-order valence-corrected chi connectivity index (χ3v) is 2.95. The Hall–Kier alpha value is -2.30. The van der Waals surface area contributed by atoms with Crippen molar-refractivity contribution in [1.29, 1.82) is 0 Å². The second kappa shape index (κ2) is 5.77. The Balaban J connectivity index is 2.56. The third-order valence-electron chi connectivity index (χ3n) is 2.95. The van der Waals surface area contributed by atoms with E-state index >= 15 is 0 Å². The number of carbonyl (C=O) groups is 1. The number of aromatic nitrogens is 1. The van der Waals surface area contributed by atoms with E-state index in [0.29, 0.717) is 11.9 Å². The van der Waals surface area contributed by atoms with E-state index in [4.69, 9.17) is 5.11 Å². The molecule has 2 rings (SSSR count). The van der Waals surface area contributed by atoms with E-state index in [0.717, 1.165) is 16.5 Å². The van der Waals surface area contributed by atoms with Crippen LogP contribution < -0.4 is 10.2 Å². The molecule has 0 bridgehead atoms. The Morgan fingerprint density at radius 1 is 1.40 bits per heavy atom. The second-order valence-electron chi connectivity index (χ2n) is 5.09. The van der Waals surface area contributed by atoms with Gasteiger partial charge in [-0.25, -0.2) is 4.98 Å². The minimum atomic E-state index is -0.874. The molecule has 106 valence electrons. The maximum absolute atomic E-state index is 10.9. The van der Waals surface area contributed by atoms with Gasteiger partial charge in [-0.3, -0.25) is 4.79 Å². The van der Waals surface area contributed by atoms with Crippen molar-refractivity contribution >= 4 is 28.2 Å². The number of nitrogens with one attached hydrogen (secondary N) is 1. The molecule has 5 nitrogen and oxygen atoms in total. The zero-order valence-corrected chi connectivity index (χ0v) is 11.9. The SMILES string of the molecule is CC(C)Nc1cccc2ccnc(N(C)CC(=O)O)c12. The Morgan fingerprint density at radius 2 is 2.15 bits per heavy atom. The first-order chi connectivity index (χ1) is 9.49. The predicted molar refractivity (Wildman–Crippen MR) is 81.4 cm³/mol. The zero-order valence-electron chi connectivity index (χ0n) is 11.9. The predicted octanol–water partition coefficient (Wildman–Crippen LogP) is 2.58. The third kappa shape index (κ3) is 2.99. The number of pyridine rings is 1. The number of nitrogens with zero attached hydrogens (tertiary/aromatic N) is 2. The molecule has 0 spiro atoms. The number of likely N-dealkylation sites (N-methyl/N-ethyl adjacent to an activating group) is 1. The fourth-order valence-corrected chi connectivity index (χ4v) is 2.21. The van der Waals surface area contributed by atoms with E-state index in [2.05, 4.69) is 24.1 Å². The molecule has 1 heterocycles. The van der Waals surface area contributed by atoms with Gasteiger partial charge in [0, 0.05) is 30.4 Å². The molecular weight excluding hydrogens is 254 g/mol. The lowest BCUT2D eigenvalue weighted by molar-refractivity contribution is -0.135. The fourth-order valence-electron chi connectivity index (χ4n) is 2.21. The standard InChI is InChI=1S/C15H19N3O2/c1-10(2)17-12-6-4-5-11-7-8-16-15(14(11)12)18(3)9-13(19)20/h4-8,10,17H,9H2,1-3H3,(H,19,20). The van der Waals surface area contributed by atoms with Crippen LogP contribution in [0.3, 0.4) is 0 Å². The molecule has 0 amide bonds. The van der Waals surface area contributed by atoms with Gasteiger partial charge in [0.25, 0.3) is 0 Å². The lowest BCUT2D eigenvalue weighted by Crippen LogP contribution is -2.26. The van der Waals surface area contributed by atoms with Crippen molar-refractivity contribution in [2.45, 2.75) is 19.9 Å². The van der Waals surface area contributed by atoms with Crippen molar-refractivity contribution in [1.82, 2.24) is 4.98 Å². The van der Waals surface area contributed by atoms with Gasteiger partial charge < -0.3 is 15.3 Å². The van der Waals surface area contributed by atoms with Crippen LogP contribution in [0.15, 0.2) is 30.5 Å². The smallest absolute Gasteiger partial charge is 0.323 e. The topological polar surface area (TPSA) is 65.5 Å². The summed E-state index contributed by atoms with van der Waals surface area (Å²) in [4.78, 5) is 16.9. The van der Waals surface area contributed by atoms with Gasteiger partial charge in [0.15, 0.2) is 0 Å². The molecule has 0 fully saturated rings. The maximum atomic E-state index is 10.9. The molecular formula is C15H19N3O2. The van der Waals surface area contributed by atoms with E-state index in [-0.39, 0.29) is 6.54 Å². The van der Waals surface area contributed by atoms with Crippen molar-refractivity contribution < 1.29 is 9.90 Å². The molecule has 0 aliphatic rings. The summed E-state index contributed by atoms with van der Waals surface area (Å²) in [7, 11) is 1.74. The normalized spacial score (nSPS) is 10.8. The number of hydrogen-bond donors (Lipinski definition) is 2. The summed E-state index contributed by atoms with van der Waals surface area (Å²) < 4.78 is 0. The van der Waals surface area contributed by atoms with Gasteiger partial charge in [0.1, 0.15) is 12.4 Å². The Kier molecular flexibility index (Phi) is 4.08. The van der Waals surface area contributed by atoms with Crippen LogP contribution >= 0.6 is 0 Å². The molecule has 0 aliphatic heterocycles. The molecule has 0 radical (unpaired) electrons. The average molecular weight is 273 g/mol. The highest BCUT2D eigenvalue weighted by Gasteiger charge is 2.13. The summed E-state index contributed by atoms with van der Waals surface area (Å²) in [5, 5.41) is 14.3. The molecule has 0 unspecified atom stereocenters. The number of anilines is 2. The van der Waals surface area contributed by atoms with Crippen LogP contribution in [0.1, 0.15) is 13.8 Å². The van der Waals surface area contributed by atoms with Crippen molar-refractivity contribution in [3.8, 4) is 0 Å². The van der Waals surface area contributed by atoms with Gasteiger partial charge in [-0.1, -0.05) is 12.1 Å². The number of rotatable bonds is 5. The molecule has 1 aromatic heterocycles. The first-order valence-corrected chi connectivity index (χ1v) is 6.56.